The first-order chi connectivity index (χ1) is 55.2. The van der Waals surface area contributed by atoms with Crippen LogP contribution in [0.5, 0.6) is 34.5 Å². The van der Waals surface area contributed by atoms with E-state index < -0.39 is 70.9 Å². The van der Waals surface area contributed by atoms with Crippen LogP contribution in [-0.2, 0) is 0 Å². The maximum Gasteiger partial charge on any atom is 0.266 e. The van der Waals surface area contributed by atoms with Crippen LogP contribution in [0.15, 0.2) is 255 Å². The number of nitrogens with zero attached hydrogens (tertiary/aromatic N) is 6. The van der Waals surface area contributed by atoms with Crippen LogP contribution in [0.3, 0.4) is 0 Å². The van der Waals surface area contributed by atoms with Crippen LogP contribution in [0.4, 0.5) is 34.1 Å². The molecule has 114 heavy (non-hydrogen) atoms. The van der Waals surface area contributed by atoms with Gasteiger partial charge in [-0.2, -0.15) is 0 Å². The molecule has 18 rings (SSSR count). The summed E-state index contributed by atoms with van der Waals surface area (Å²) in [5, 5.41) is 0. The average Bonchev–Trinajstić information content (AvgIpc) is 1.61. The quantitative estimate of drug-likeness (QED) is 0.0862. The van der Waals surface area contributed by atoms with Gasteiger partial charge in [-0.3, -0.25) is 57.5 Å². The molecule has 0 spiro atoms. The Bertz CT molecular complexity index is 5960. The summed E-state index contributed by atoms with van der Waals surface area (Å²) in [5.74, 6) is -1.72. The van der Waals surface area contributed by atoms with E-state index in [1.165, 1.54) is 42.7 Å². The second-order valence-electron chi connectivity index (χ2n) is 26.4. The number of amides is 12. The van der Waals surface area contributed by atoms with Crippen molar-refractivity contribution < 1.29 is 86.0 Å². The minimum atomic E-state index is -0.447. The number of rotatable bonds is 15. The summed E-state index contributed by atoms with van der Waals surface area (Å²) in [4.78, 5) is 165. The first kappa shape index (κ1) is 72.5. The van der Waals surface area contributed by atoms with Crippen LogP contribution >= 0.6 is 0 Å². The van der Waals surface area contributed by atoms with Gasteiger partial charge in [-0.25, -0.2) is 29.4 Å². The fourth-order valence-corrected chi connectivity index (χ4v) is 14.4. The van der Waals surface area contributed by atoms with Gasteiger partial charge in [-0.1, -0.05) is 54.6 Å². The van der Waals surface area contributed by atoms with E-state index >= 15 is 0 Å². The molecule has 12 aromatic rings. The van der Waals surface area contributed by atoms with Crippen LogP contribution in [0, 0.1) is 0 Å². The number of ether oxygens (including phenoxy) is 6. The van der Waals surface area contributed by atoms with Crippen LogP contribution in [0.1, 0.15) is 124 Å². The number of carbonyl (C=O) groups is 12. The Labute approximate surface area is 649 Å². The molecule has 0 unspecified atom stereocenters. The van der Waals surface area contributed by atoms with E-state index in [1.807, 2.05) is 0 Å². The zero-order valence-electron chi connectivity index (χ0n) is 61.3. The lowest BCUT2D eigenvalue weighted by molar-refractivity contribution is 0.0910. The zero-order chi connectivity index (χ0) is 79.7. The predicted octanol–water partition coefficient (Wildman–Crippen LogP) is 14.9. The lowest BCUT2D eigenvalue weighted by atomic mass is 9.97. The fraction of sp³-hybridized carbons (Fsp3) is 0.0667. The number of imide groups is 6. The summed E-state index contributed by atoms with van der Waals surface area (Å²) >= 11 is 0. The molecular weight excluding hydrogens is 1450 g/mol. The Morgan fingerprint density at radius 2 is 0.325 bits per heavy atom. The number of carbonyl (C=O) groups excluding carboxylic acids is 12. The van der Waals surface area contributed by atoms with Gasteiger partial charge >= 0.3 is 0 Å². The van der Waals surface area contributed by atoms with E-state index in [9.17, 15) is 57.5 Å². The molecule has 0 saturated heterocycles. The van der Waals surface area contributed by atoms with Gasteiger partial charge in [0.15, 0.2) is 0 Å². The maximum absolute atomic E-state index is 13.3. The van der Waals surface area contributed by atoms with E-state index in [1.54, 1.807) is 255 Å². The Hall–Kier alpha value is -15.7. The lowest BCUT2D eigenvalue weighted by Gasteiger charge is -2.14. The molecule has 6 heterocycles. The number of hydrogen-bond acceptors (Lipinski definition) is 18. The van der Waals surface area contributed by atoms with Crippen molar-refractivity contribution in [2.24, 2.45) is 0 Å². The van der Waals surface area contributed by atoms with Gasteiger partial charge in [0.05, 0.1) is 144 Å². The van der Waals surface area contributed by atoms with Gasteiger partial charge in [-0.15, -0.1) is 0 Å². The fourth-order valence-electron chi connectivity index (χ4n) is 14.4. The zero-order valence-corrected chi connectivity index (χ0v) is 61.3. The van der Waals surface area contributed by atoms with E-state index in [0.717, 1.165) is 29.4 Å². The first-order valence-electron chi connectivity index (χ1n) is 35.3. The minimum absolute atomic E-state index is 0.260. The Kier molecular flexibility index (Phi) is 18.4. The first-order valence-corrected chi connectivity index (χ1v) is 35.3. The molecule has 0 radical (unpaired) electrons. The van der Waals surface area contributed by atoms with Gasteiger partial charge in [0.25, 0.3) is 70.9 Å². The highest BCUT2D eigenvalue weighted by Crippen LogP contribution is 2.42. The highest BCUT2D eigenvalue weighted by atomic mass is 16.5. The van der Waals surface area contributed by atoms with E-state index in [-0.39, 0.29) is 44.5 Å². The molecule has 6 aliphatic rings. The van der Waals surface area contributed by atoms with Gasteiger partial charge in [0.2, 0.25) is 0 Å². The molecule has 0 aromatic heterocycles. The third kappa shape index (κ3) is 12.3. The summed E-state index contributed by atoms with van der Waals surface area (Å²) in [6.45, 7) is 0. The summed E-state index contributed by atoms with van der Waals surface area (Å²) in [7, 11) is 9.16. The van der Waals surface area contributed by atoms with Crippen LogP contribution in [0.25, 0.3) is 33.4 Å². The van der Waals surface area contributed by atoms with Crippen LogP contribution in [-0.4, -0.2) is 114 Å². The second-order valence-corrected chi connectivity index (χ2v) is 26.4. The molecule has 6 aliphatic heterocycles. The van der Waals surface area contributed by atoms with Crippen molar-refractivity contribution in [1.82, 2.24) is 0 Å². The van der Waals surface area contributed by atoms with Crippen molar-refractivity contribution in [3.63, 3.8) is 0 Å². The smallest absolute Gasteiger partial charge is 0.266 e. The number of benzene rings is 12. The highest BCUT2D eigenvalue weighted by Gasteiger charge is 2.44. The molecule has 12 aromatic carbocycles. The maximum atomic E-state index is 13.3. The largest absolute Gasteiger partial charge is 0.497 e. The summed E-state index contributed by atoms with van der Waals surface area (Å²) < 4.78 is 31.2. The van der Waals surface area contributed by atoms with Crippen molar-refractivity contribution in [2.45, 2.75) is 0 Å². The summed E-state index contributed by atoms with van der Waals surface area (Å²) in [5.41, 5.74) is 9.78. The van der Waals surface area contributed by atoms with Crippen LogP contribution in [0.2, 0.25) is 0 Å². The molecule has 0 fully saturated rings. The van der Waals surface area contributed by atoms with Gasteiger partial charge in [-0.05, 0) is 215 Å². The van der Waals surface area contributed by atoms with Crippen molar-refractivity contribution in [3.8, 4) is 67.9 Å². The van der Waals surface area contributed by atoms with E-state index in [4.69, 9.17) is 28.4 Å². The molecule has 558 valence electrons. The van der Waals surface area contributed by atoms with E-state index in [0.29, 0.717) is 124 Å². The normalized spacial score (nSPS) is 14.2. The standard InChI is InChI=1S/3C30H20N2O6/c1-37-21-9-5-19(6-10-21)31-27(33)23-13-3-17(15-25(23)29(31)35)18-4-14-24-26(16-18)30(36)32(28(24)34)20-7-11-22(38-2)12-8-20;1-37-21-7-3-5-19(15-21)31-27(33)23-11-9-17(13-25(23)29(31)35)18-10-12-24-26(14-18)30(36)32(28(24)34)20-6-4-8-22(16-20)38-2;1-37-21-10-8-19(9-11-21)31-27(33)23-12-6-17(14-25(23)29(31)35)18-7-13-24-26(15-18)30(36)32(28(24)34)20-4-3-5-22(16-20)38-2/h3*3-16H,1-2H3. The second kappa shape index (κ2) is 29.0. The van der Waals surface area contributed by atoms with Crippen molar-refractivity contribution >= 4 is 105 Å². The molecular formula is C90H60N6O18. The average molecular weight is 1510 g/mol. The Morgan fingerprint density at radius 3 is 0.500 bits per heavy atom. The number of anilines is 6. The van der Waals surface area contributed by atoms with Gasteiger partial charge in [0, 0.05) is 18.2 Å². The molecule has 0 N–H and O–H groups in total. The monoisotopic (exact) mass is 1510 g/mol. The number of methoxy groups -OCH3 is 6. The Balaban J connectivity index is 0.000000129. The predicted molar refractivity (Wildman–Crippen MR) is 420 cm³/mol. The topological polar surface area (TPSA) is 280 Å². The molecule has 24 nitrogen and oxygen atoms in total. The SMILES string of the molecule is COc1ccc(N2C(=O)c3ccc(-c4ccc5c(c4)C(=O)N(c4ccc(OC)cc4)C5=O)cc3C2=O)cc1.COc1ccc(N2C(=O)c3ccc(-c4ccc5c(c4)C(=O)N(c4cccc(OC)c4)C5=O)cc3C2=O)cc1.COc1cccc(N2C(=O)c3ccc(-c4ccc5c(c4)C(=O)N(c4cccc(OC)c4)C5=O)cc3C2=O)c1. The summed E-state index contributed by atoms with van der Waals surface area (Å²) in [6, 6.07) is 70.0. The molecule has 12 amide bonds. The molecule has 24 heteroatoms. The minimum Gasteiger partial charge on any atom is -0.497 e. The Morgan fingerprint density at radius 1 is 0.158 bits per heavy atom. The van der Waals surface area contributed by atoms with Gasteiger partial charge in [0.1, 0.15) is 34.5 Å². The van der Waals surface area contributed by atoms with Crippen molar-refractivity contribution in [3.05, 3.63) is 322 Å². The third-order valence-corrected chi connectivity index (χ3v) is 20.2. The highest BCUT2D eigenvalue weighted by molar-refractivity contribution is 6.39. The number of hydrogen-bond donors (Lipinski definition) is 0. The molecule has 0 atom stereocenters. The molecule has 0 bridgehead atoms. The lowest BCUT2D eigenvalue weighted by Crippen LogP contribution is -2.29. The molecule has 0 saturated carbocycles. The van der Waals surface area contributed by atoms with Gasteiger partial charge < -0.3 is 28.4 Å². The molecule has 0 aliphatic carbocycles. The van der Waals surface area contributed by atoms with Crippen molar-refractivity contribution in [1.29, 1.82) is 0 Å². The van der Waals surface area contributed by atoms with Crippen molar-refractivity contribution in [2.75, 3.05) is 72.1 Å². The third-order valence-electron chi connectivity index (χ3n) is 20.2. The van der Waals surface area contributed by atoms with E-state index in [2.05, 4.69) is 0 Å². The summed E-state index contributed by atoms with van der Waals surface area (Å²) in [6.07, 6.45) is 0. The van der Waals surface area contributed by atoms with Crippen LogP contribution < -0.4 is 57.8 Å². The number of fused-ring (bicyclic) bond motifs is 6.